The molecule has 0 unspecified atom stereocenters. The van der Waals surface area contributed by atoms with E-state index in [1.807, 2.05) is 12.1 Å². The summed E-state index contributed by atoms with van der Waals surface area (Å²) in [7, 11) is 0. The second-order valence-electron chi connectivity index (χ2n) is 3.36. The average Bonchev–Trinajstić information content (AvgIpc) is 2.82. The van der Waals surface area contributed by atoms with Gasteiger partial charge in [-0.25, -0.2) is 0 Å². The molecule has 1 rings (SSSR count). The van der Waals surface area contributed by atoms with Gasteiger partial charge in [0.1, 0.15) is 10.1 Å². The molecule has 0 aromatic carbocycles. The maximum absolute atomic E-state index is 5.03. The zero-order valence-corrected chi connectivity index (χ0v) is 12.5. The minimum absolute atomic E-state index is 0.483. The Morgan fingerprint density at radius 3 is 2.24 bits per heavy atom. The molecule has 0 aliphatic rings. The summed E-state index contributed by atoms with van der Waals surface area (Å²) >= 11 is 8.57. The molecule has 1 N–H and O–H groups in total. The summed E-state index contributed by atoms with van der Waals surface area (Å²) in [4.78, 5) is 2.38. The van der Waals surface area contributed by atoms with Crippen LogP contribution in [0, 0.1) is 0 Å². The third-order valence-electron chi connectivity index (χ3n) is 2.34. The first-order valence-electron chi connectivity index (χ1n) is 5.85. The lowest BCUT2D eigenvalue weighted by molar-refractivity contribution is 0.321. The first-order chi connectivity index (χ1) is 8.13. The minimum atomic E-state index is 0.483. The van der Waals surface area contributed by atoms with Crippen molar-refractivity contribution in [2.45, 2.75) is 27.3 Å². The Labute approximate surface area is 115 Å². The van der Waals surface area contributed by atoms with Crippen molar-refractivity contribution in [1.82, 2.24) is 10.2 Å². The second-order valence-corrected chi connectivity index (χ2v) is 4.52. The summed E-state index contributed by atoms with van der Waals surface area (Å²) in [6, 6.07) is 3.71. The zero-order chi connectivity index (χ0) is 13.1. The van der Waals surface area contributed by atoms with Gasteiger partial charge in [0.05, 0.1) is 12.8 Å². The van der Waals surface area contributed by atoms with E-state index in [0.29, 0.717) is 10.9 Å². The Bertz CT molecular complexity index is 279. The highest BCUT2D eigenvalue weighted by atomic mass is 32.1. The molecule has 3 nitrogen and oxygen atoms in total. The van der Waals surface area contributed by atoms with E-state index in [9.17, 15) is 0 Å². The molecule has 17 heavy (non-hydrogen) atoms. The first kappa shape index (κ1) is 16.5. The number of thiocarbonyl (C=S) groups is 1. The Morgan fingerprint density at radius 1 is 1.35 bits per heavy atom. The van der Waals surface area contributed by atoms with Crippen molar-refractivity contribution in [3.8, 4) is 0 Å². The van der Waals surface area contributed by atoms with E-state index in [1.165, 1.54) is 19.6 Å². The zero-order valence-electron chi connectivity index (χ0n) is 10.8. The molecule has 0 bridgehead atoms. The van der Waals surface area contributed by atoms with Crippen LogP contribution in [-0.4, -0.2) is 28.9 Å². The predicted molar refractivity (Wildman–Crippen MR) is 80.6 cm³/mol. The molecule has 0 radical (unpaired) electrons. The van der Waals surface area contributed by atoms with Gasteiger partial charge in [0.25, 0.3) is 0 Å². The molecule has 98 valence electrons. The molecule has 0 atom stereocenters. The fourth-order valence-electron chi connectivity index (χ4n) is 1.25. The van der Waals surface area contributed by atoms with Crippen LogP contribution in [0.4, 0.5) is 0 Å². The van der Waals surface area contributed by atoms with Crippen molar-refractivity contribution < 1.29 is 4.42 Å². The van der Waals surface area contributed by atoms with E-state index in [1.54, 1.807) is 6.26 Å². The van der Waals surface area contributed by atoms with Crippen molar-refractivity contribution in [2.75, 3.05) is 19.6 Å². The molecule has 0 saturated heterocycles. The lowest BCUT2D eigenvalue weighted by Crippen LogP contribution is -2.21. The maximum Gasteiger partial charge on any atom is 0.131 e. The third kappa shape index (κ3) is 9.21. The van der Waals surface area contributed by atoms with Crippen molar-refractivity contribution in [3.63, 3.8) is 0 Å². The van der Waals surface area contributed by atoms with Crippen molar-refractivity contribution in [1.29, 1.82) is 0 Å². The van der Waals surface area contributed by atoms with Crippen LogP contribution in [-0.2, 0) is 6.54 Å². The number of hydrogen-bond donors (Lipinski definition) is 2. The summed E-state index contributed by atoms with van der Waals surface area (Å²) in [6.07, 6.45) is 1.62. The van der Waals surface area contributed by atoms with Gasteiger partial charge < -0.3 is 14.6 Å². The van der Waals surface area contributed by atoms with Crippen LogP contribution in [0.25, 0.3) is 0 Å². The van der Waals surface area contributed by atoms with Gasteiger partial charge in [-0.2, -0.15) is 0 Å². The molecule has 0 aliphatic carbocycles. The monoisotopic (exact) mass is 274 g/mol. The lowest BCUT2D eigenvalue weighted by Gasteiger charge is -2.13. The molecule has 0 saturated carbocycles. The topological polar surface area (TPSA) is 28.4 Å². The van der Waals surface area contributed by atoms with Crippen LogP contribution in [0.5, 0.6) is 0 Å². The summed E-state index contributed by atoms with van der Waals surface area (Å²) < 4.78 is 5.51. The highest BCUT2D eigenvalue weighted by molar-refractivity contribution is 8.11. The number of nitrogens with one attached hydrogen (secondary N) is 1. The molecule has 1 aromatic heterocycles. The van der Waals surface area contributed by atoms with E-state index < -0.39 is 0 Å². The number of furan rings is 1. The SMILES string of the molecule is CCN(CC)CC.S=C(S)NCc1ccco1. The van der Waals surface area contributed by atoms with Crippen LogP contribution >= 0.6 is 24.8 Å². The van der Waals surface area contributed by atoms with Crippen molar-refractivity contribution in [2.24, 2.45) is 0 Å². The van der Waals surface area contributed by atoms with Crippen LogP contribution in [0.3, 0.4) is 0 Å². The van der Waals surface area contributed by atoms with Gasteiger partial charge in [0.2, 0.25) is 0 Å². The molecular formula is C12H22N2OS2. The highest BCUT2D eigenvalue weighted by Gasteiger charge is 1.93. The van der Waals surface area contributed by atoms with Gasteiger partial charge >= 0.3 is 0 Å². The van der Waals surface area contributed by atoms with Crippen LogP contribution in [0.15, 0.2) is 22.8 Å². The Morgan fingerprint density at radius 2 is 1.94 bits per heavy atom. The van der Waals surface area contributed by atoms with Crippen LogP contribution in [0.2, 0.25) is 0 Å². The number of hydrogen-bond acceptors (Lipinski definition) is 3. The van der Waals surface area contributed by atoms with Crippen LogP contribution < -0.4 is 5.32 Å². The predicted octanol–water partition coefficient (Wildman–Crippen LogP) is 2.93. The Kier molecular flexibility index (Phi) is 10.3. The van der Waals surface area contributed by atoms with Gasteiger partial charge in [-0.05, 0) is 31.8 Å². The molecule has 5 heteroatoms. The number of rotatable bonds is 5. The van der Waals surface area contributed by atoms with E-state index in [2.05, 4.69) is 55.8 Å². The third-order valence-corrected chi connectivity index (χ3v) is 2.64. The molecule has 1 heterocycles. The molecule has 0 aliphatic heterocycles. The molecule has 0 amide bonds. The van der Waals surface area contributed by atoms with Gasteiger partial charge in [-0.1, -0.05) is 33.0 Å². The second kappa shape index (κ2) is 10.6. The van der Waals surface area contributed by atoms with Gasteiger partial charge in [0.15, 0.2) is 0 Å². The Hall–Kier alpha value is -0.520. The summed E-state index contributed by atoms with van der Waals surface area (Å²) in [6.45, 7) is 10.7. The van der Waals surface area contributed by atoms with Gasteiger partial charge in [-0.3, -0.25) is 0 Å². The minimum Gasteiger partial charge on any atom is -0.467 e. The van der Waals surface area contributed by atoms with Gasteiger partial charge in [-0.15, -0.1) is 12.6 Å². The van der Waals surface area contributed by atoms with Crippen molar-refractivity contribution >= 4 is 29.2 Å². The molecular weight excluding hydrogens is 252 g/mol. The Balaban J connectivity index is 0.000000325. The van der Waals surface area contributed by atoms with E-state index in [0.717, 1.165) is 5.76 Å². The molecule has 0 spiro atoms. The highest BCUT2D eigenvalue weighted by Crippen LogP contribution is 1.98. The number of thiol groups is 1. The smallest absolute Gasteiger partial charge is 0.131 e. The quantitative estimate of drug-likeness (QED) is 0.638. The summed E-state index contributed by atoms with van der Waals surface area (Å²) in [5.74, 6) is 0.858. The summed E-state index contributed by atoms with van der Waals surface area (Å²) in [5.41, 5.74) is 0. The maximum atomic E-state index is 5.03. The van der Waals surface area contributed by atoms with Gasteiger partial charge in [0, 0.05) is 0 Å². The molecule has 1 aromatic rings. The normalized spacial score (nSPS) is 9.71. The summed E-state index contributed by atoms with van der Waals surface area (Å²) in [5, 5.41) is 2.85. The van der Waals surface area contributed by atoms with Crippen LogP contribution in [0.1, 0.15) is 26.5 Å². The average molecular weight is 274 g/mol. The van der Waals surface area contributed by atoms with E-state index >= 15 is 0 Å². The largest absolute Gasteiger partial charge is 0.467 e. The molecule has 0 fully saturated rings. The fourth-order valence-corrected chi connectivity index (χ4v) is 1.40. The first-order valence-corrected chi connectivity index (χ1v) is 6.71. The van der Waals surface area contributed by atoms with Crippen molar-refractivity contribution in [3.05, 3.63) is 24.2 Å². The van der Waals surface area contributed by atoms with E-state index in [4.69, 9.17) is 4.42 Å². The standard InChI is InChI=1S/C6H7NOS2.C6H15N/c9-6(10)7-4-5-2-1-3-8-5;1-4-7(5-2)6-3/h1-3H,4H2,(H2,7,9,10);4-6H2,1-3H3. The van der Waals surface area contributed by atoms with E-state index in [-0.39, 0.29) is 0 Å². The lowest BCUT2D eigenvalue weighted by atomic mass is 10.4. The number of nitrogens with zero attached hydrogens (tertiary/aromatic N) is 1. The fraction of sp³-hybridized carbons (Fsp3) is 0.583.